The van der Waals surface area contributed by atoms with E-state index in [-0.39, 0.29) is 17.9 Å². The van der Waals surface area contributed by atoms with Crippen LogP contribution >= 0.6 is 0 Å². The molecule has 0 saturated carbocycles. The topological polar surface area (TPSA) is 57.3 Å². The highest BCUT2D eigenvalue weighted by Gasteiger charge is 2.41. The maximum Gasteiger partial charge on any atom is 0.225 e. The van der Waals surface area contributed by atoms with Gasteiger partial charge in [-0.2, -0.15) is 0 Å². The van der Waals surface area contributed by atoms with E-state index in [2.05, 4.69) is 44.3 Å². The molecule has 3 aliphatic heterocycles. The van der Waals surface area contributed by atoms with Gasteiger partial charge in [0.05, 0.1) is 26.2 Å². The standard InChI is InChI=1S/C28H38N4O3/c1-34-23-10-7-22(8-11-23)31-16-17-32-26-19-24(35-2)9-6-21(26)18-25(27(32)20-31)28(33)29-12-15-30-13-4-3-5-14-30/h6-11,19,25,27H,3-5,12-18,20H2,1-2H3,(H,29,33)/t25-,27-/m1/s1. The summed E-state index contributed by atoms with van der Waals surface area (Å²) in [5.74, 6) is 1.81. The van der Waals surface area contributed by atoms with Crippen LogP contribution in [0.25, 0.3) is 0 Å². The number of anilines is 2. The molecule has 2 aromatic carbocycles. The van der Waals surface area contributed by atoms with Gasteiger partial charge in [-0.1, -0.05) is 12.5 Å². The minimum absolute atomic E-state index is 0.0849. The number of nitrogens with zero attached hydrogens (tertiary/aromatic N) is 3. The van der Waals surface area contributed by atoms with E-state index in [4.69, 9.17) is 9.47 Å². The minimum Gasteiger partial charge on any atom is -0.497 e. The summed E-state index contributed by atoms with van der Waals surface area (Å²) < 4.78 is 10.9. The molecular formula is C28H38N4O3. The summed E-state index contributed by atoms with van der Waals surface area (Å²) >= 11 is 0. The summed E-state index contributed by atoms with van der Waals surface area (Å²) in [4.78, 5) is 20.9. The van der Waals surface area contributed by atoms with Gasteiger partial charge in [-0.25, -0.2) is 0 Å². The Hall–Kier alpha value is -2.93. The van der Waals surface area contributed by atoms with Crippen molar-refractivity contribution in [2.75, 3.05) is 69.8 Å². The van der Waals surface area contributed by atoms with Crippen molar-refractivity contribution in [3.05, 3.63) is 48.0 Å². The average Bonchev–Trinajstić information content (AvgIpc) is 2.92. The monoisotopic (exact) mass is 478 g/mol. The maximum absolute atomic E-state index is 13.5. The molecule has 7 heteroatoms. The highest BCUT2D eigenvalue weighted by atomic mass is 16.5. The third kappa shape index (κ3) is 5.20. The molecule has 1 N–H and O–H groups in total. The van der Waals surface area contributed by atoms with Crippen LogP contribution in [-0.4, -0.2) is 76.9 Å². The molecule has 35 heavy (non-hydrogen) atoms. The molecule has 2 saturated heterocycles. The van der Waals surface area contributed by atoms with E-state index in [0.29, 0.717) is 0 Å². The van der Waals surface area contributed by atoms with E-state index >= 15 is 0 Å². The first-order valence-electron chi connectivity index (χ1n) is 13.0. The molecule has 0 aromatic heterocycles. The van der Waals surface area contributed by atoms with Crippen molar-refractivity contribution in [2.24, 2.45) is 5.92 Å². The molecule has 0 unspecified atom stereocenters. The van der Waals surface area contributed by atoms with Crippen molar-refractivity contribution in [2.45, 2.75) is 31.7 Å². The third-order valence-corrected chi connectivity index (χ3v) is 7.88. The number of hydrogen-bond donors (Lipinski definition) is 1. The summed E-state index contributed by atoms with van der Waals surface area (Å²) in [7, 11) is 3.40. The molecule has 188 valence electrons. The lowest BCUT2D eigenvalue weighted by Gasteiger charge is -2.49. The number of amides is 1. The zero-order valence-electron chi connectivity index (χ0n) is 21.0. The van der Waals surface area contributed by atoms with E-state index in [1.54, 1.807) is 14.2 Å². The van der Waals surface area contributed by atoms with Crippen LogP contribution in [0.15, 0.2) is 42.5 Å². The van der Waals surface area contributed by atoms with Gasteiger partial charge in [0.2, 0.25) is 5.91 Å². The van der Waals surface area contributed by atoms with Gasteiger partial charge >= 0.3 is 0 Å². The highest BCUT2D eigenvalue weighted by Crippen LogP contribution is 2.39. The van der Waals surface area contributed by atoms with Crippen LogP contribution < -0.4 is 24.6 Å². The predicted octanol–water partition coefficient (Wildman–Crippen LogP) is 3.17. The Morgan fingerprint density at radius 2 is 1.69 bits per heavy atom. The second kappa shape index (κ2) is 10.8. The number of hydrogen-bond acceptors (Lipinski definition) is 6. The molecule has 1 amide bonds. The maximum atomic E-state index is 13.5. The van der Waals surface area contributed by atoms with Crippen LogP contribution in [0.2, 0.25) is 0 Å². The normalized spacial score (nSPS) is 22.2. The van der Waals surface area contributed by atoms with Crippen molar-refractivity contribution in [1.29, 1.82) is 0 Å². The van der Waals surface area contributed by atoms with E-state index in [9.17, 15) is 4.79 Å². The predicted molar refractivity (Wildman–Crippen MR) is 140 cm³/mol. The fourth-order valence-corrected chi connectivity index (χ4v) is 5.88. The van der Waals surface area contributed by atoms with Gasteiger partial charge < -0.3 is 29.5 Å². The van der Waals surface area contributed by atoms with Crippen molar-refractivity contribution < 1.29 is 14.3 Å². The Bertz CT molecular complexity index is 1010. The first-order valence-corrected chi connectivity index (χ1v) is 13.0. The van der Waals surface area contributed by atoms with E-state index in [0.717, 1.165) is 63.7 Å². The molecule has 0 spiro atoms. The molecule has 0 bridgehead atoms. The van der Waals surface area contributed by atoms with Crippen LogP contribution in [-0.2, 0) is 11.2 Å². The minimum atomic E-state index is -0.0849. The lowest BCUT2D eigenvalue weighted by Crippen LogP contribution is -2.61. The van der Waals surface area contributed by atoms with Gasteiger partial charge in [0.1, 0.15) is 11.5 Å². The van der Waals surface area contributed by atoms with E-state index in [1.807, 2.05) is 18.2 Å². The second-order valence-corrected chi connectivity index (χ2v) is 9.90. The van der Waals surface area contributed by atoms with Crippen molar-refractivity contribution >= 4 is 17.3 Å². The summed E-state index contributed by atoms with van der Waals surface area (Å²) in [6, 6.07) is 14.6. The quantitative estimate of drug-likeness (QED) is 0.660. The van der Waals surface area contributed by atoms with Gasteiger partial charge in [0, 0.05) is 50.2 Å². The summed E-state index contributed by atoms with van der Waals surface area (Å²) in [6.45, 7) is 6.56. The molecule has 3 heterocycles. The lowest BCUT2D eigenvalue weighted by atomic mass is 9.83. The number of piperidine rings is 1. The molecule has 2 atom stereocenters. The summed E-state index contributed by atoms with van der Waals surface area (Å²) in [5, 5.41) is 3.29. The smallest absolute Gasteiger partial charge is 0.225 e. The molecule has 0 aliphatic carbocycles. The molecule has 0 radical (unpaired) electrons. The number of fused-ring (bicyclic) bond motifs is 3. The van der Waals surface area contributed by atoms with Crippen LogP contribution in [0.4, 0.5) is 11.4 Å². The van der Waals surface area contributed by atoms with Gasteiger partial charge in [0.15, 0.2) is 0 Å². The number of piperazine rings is 1. The number of ether oxygens (including phenoxy) is 2. The van der Waals surface area contributed by atoms with Crippen LogP contribution in [0.3, 0.4) is 0 Å². The van der Waals surface area contributed by atoms with Gasteiger partial charge in [-0.05, 0) is 68.2 Å². The van der Waals surface area contributed by atoms with Gasteiger partial charge in [-0.3, -0.25) is 4.79 Å². The SMILES string of the molecule is COc1ccc(N2CCN3c4cc(OC)ccc4C[C@@H](C(=O)NCCN4CCCCC4)[C@H]3C2)cc1. The van der Waals surface area contributed by atoms with Gasteiger partial charge in [0.25, 0.3) is 0 Å². The molecule has 7 nitrogen and oxygen atoms in total. The molecule has 5 rings (SSSR count). The zero-order chi connectivity index (χ0) is 24.2. The first-order chi connectivity index (χ1) is 17.2. The zero-order valence-corrected chi connectivity index (χ0v) is 21.0. The highest BCUT2D eigenvalue weighted by molar-refractivity contribution is 5.82. The Kier molecular flexibility index (Phi) is 7.32. The molecular weight excluding hydrogens is 440 g/mol. The van der Waals surface area contributed by atoms with Gasteiger partial charge in [-0.15, -0.1) is 0 Å². The number of methoxy groups -OCH3 is 2. The van der Waals surface area contributed by atoms with Crippen molar-refractivity contribution in [1.82, 2.24) is 10.2 Å². The Morgan fingerprint density at radius 1 is 0.943 bits per heavy atom. The number of carbonyl (C=O) groups excluding carboxylic acids is 1. The third-order valence-electron chi connectivity index (χ3n) is 7.88. The summed E-state index contributed by atoms with van der Waals surface area (Å²) in [6.07, 6.45) is 4.63. The van der Waals surface area contributed by atoms with Crippen LogP contribution in [0.5, 0.6) is 11.5 Å². The Morgan fingerprint density at radius 3 is 2.43 bits per heavy atom. The number of nitrogens with one attached hydrogen (secondary N) is 1. The fraction of sp³-hybridized carbons (Fsp3) is 0.536. The lowest BCUT2D eigenvalue weighted by molar-refractivity contribution is -0.125. The molecule has 2 aromatic rings. The number of rotatable bonds is 7. The average molecular weight is 479 g/mol. The fourth-order valence-electron chi connectivity index (χ4n) is 5.88. The van der Waals surface area contributed by atoms with Crippen LogP contribution in [0, 0.1) is 5.92 Å². The molecule has 2 fully saturated rings. The van der Waals surface area contributed by atoms with Crippen molar-refractivity contribution in [3.8, 4) is 11.5 Å². The van der Waals surface area contributed by atoms with Crippen molar-refractivity contribution in [3.63, 3.8) is 0 Å². The number of carbonyl (C=O) groups is 1. The van der Waals surface area contributed by atoms with E-state index in [1.165, 1.54) is 36.2 Å². The molecule has 3 aliphatic rings. The largest absolute Gasteiger partial charge is 0.497 e. The van der Waals surface area contributed by atoms with Crippen LogP contribution in [0.1, 0.15) is 24.8 Å². The second-order valence-electron chi connectivity index (χ2n) is 9.90. The Labute approximate surface area is 209 Å². The summed E-state index contributed by atoms with van der Waals surface area (Å²) in [5.41, 5.74) is 3.61. The number of benzene rings is 2. The Balaban J connectivity index is 1.33. The first kappa shape index (κ1) is 23.8. The number of likely N-dealkylation sites (tertiary alicyclic amines) is 1. The van der Waals surface area contributed by atoms with E-state index < -0.39 is 0 Å².